The second-order valence-electron chi connectivity index (χ2n) is 7.51. The lowest BCUT2D eigenvalue weighted by Crippen LogP contribution is -2.44. The molecule has 1 amide bonds. The molecule has 0 spiro atoms. The zero-order valence-corrected chi connectivity index (χ0v) is 20.5. The van der Waals surface area contributed by atoms with E-state index in [4.69, 9.17) is 4.74 Å². The van der Waals surface area contributed by atoms with E-state index in [-0.39, 0.29) is 41.8 Å². The summed E-state index contributed by atoms with van der Waals surface area (Å²) in [6.07, 6.45) is 7.03. The first-order valence-electron chi connectivity index (χ1n) is 9.78. The summed E-state index contributed by atoms with van der Waals surface area (Å²) < 4.78 is 5.32. The van der Waals surface area contributed by atoms with Crippen LogP contribution in [-0.4, -0.2) is 64.2 Å². The number of carbonyl (C=O) groups excluding carboxylic acids is 1. The van der Waals surface area contributed by atoms with E-state index >= 15 is 0 Å². The Balaban J connectivity index is 0.00000392. The van der Waals surface area contributed by atoms with Crippen molar-refractivity contribution in [3.8, 4) is 0 Å². The molecule has 2 rings (SSSR count). The van der Waals surface area contributed by atoms with Gasteiger partial charge in [0.05, 0.1) is 0 Å². The quantitative estimate of drug-likeness (QED) is 0.282. The molecule has 0 bridgehead atoms. The van der Waals surface area contributed by atoms with E-state index in [1.165, 1.54) is 30.6 Å². The Morgan fingerprint density at radius 3 is 2.68 bits per heavy atom. The maximum Gasteiger partial charge on any atom is 0.243 e. The Labute approximate surface area is 190 Å². The summed E-state index contributed by atoms with van der Waals surface area (Å²) in [7, 11) is 5.28. The maximum absolute atomic E-state index is 11.9. The molecule has 28 heavy (non-hydrogen) atoms. The molecule has 0 unspecified atom stereocenters. The standard InChI is InChI=1S/C20H34N4O2S.HI/c1-24(2)18(25)15-22-19(21-12-8-17-7-6-14-27-17)23-16-20(11-13-26-3)9-4-5-10-20;/h6-7,14H,4-5,8-13,15-16H2,1-3H3,(H2,21,22,23);1H. The number of nitrogens with one attached hydrogen (secondary N) is 2. The molecule has 160 valence electrons. The first-order valence-corrected chi connectivity index (χ1v) is 10.7. The third-order valence-electron chi connectivity index (χ3n) is 5.25. The lowest BCUT2D eigenvalue weighted by molar-refractivity contribution is -0.127. The van der Waals surface area contributed by atoms with Crippen molar-refractivity contribution in [1.29, 1.82) is 0 Å². The minimum Gasteiger partial charge on any atom is -0.385 e. The highest BCUT2D eigenvalue weighted by atomic mass is 127. The molecular weight excluding hydrogens is 487 g/mol. The summed E-state index contributed by atoms with van der Waals surface area (Å²) in [6.45, 7) is 2.62. The highest BCUT2D eigenvalue weighted by molar-refractivity contribution is 14.0. The van der Waals surface area contributed by atoms with Gasteiger partial charge in [0, 0.05) is 45.8 Å². The lowest BCUT2D eigenvalue weighted by atomic mass is 9.83. The molecule has 1 aliphatic carbocycles. The van der Waals surface area contributed by atoms with E-state index < -0.39 is 0 Å². The van der Waals surface area contributed by atoms with Crippen LogP contribution in [0.4, 0.5) is 0 Å². The van der Waals surface area contributed by atoms with Crippen LogP contribution in [0.2, 0.25) is 0 Å². The molecule has 1 heterocycles. The highest BCUT2D eigenvalue weighted by Gasteiger charge is 2.33. The fraction of sp³-hybridized carbons (Fsp3) is 0.700. The van der Waals surface area contributed by atoms with Gasteiger partial charge in [0.2, 0.25) is 5.91 Å². The average Bonchev–Trinajstić information content (AvgIpc) is 3.34. The monoisotopic (exact) mass is 522 g/mol. The molecule has 1 aliphatic rings. The van der Waals surface area contributed by atoms with Crippen molar-refractivity contribution < 1.29 is 9.53 Å². The van der Waals surface area contributed by atoms with Gasteiger partial charge in [-0.25, -0.2) is 4.99 Å². The van der Waals surface area contributed by atoms with Gasteiger partial charge in [-0.15, -0.1) is 35.3 Å². The molecule has 0 aliphatic heterocycles. The number of likely N-dealkylation sites (N-methyl/N-ethyl adjacent to an activating group) is 1. The summed E-state index contributed by atoms with van der Waals surface area (Å²) in [4.78, 5) is 19.4. The number of ether oxygens (including phenoxy) is 1. The van der Waals surface area contributed by atoms with Crippen LogP contribution in [0, 0.1) is 5.41 Å². The van der Waals surface area contributed by atoms with Crippen molar-refractivity contribution in [3.05, 3.63) is 22.4 Å². The van der Waals surface area contributed by atoms with E-state index in [2.05, 4.69) is 33.1 Å². The largest absolute Gasteiger partial charge is 0.385 e. The normalized spacial score (nSPS) is 15.8. The molecule has 8 heteroatoms. The third-order valence-corrected chi connectivity index (χ3v) is 6.18. The Hall–Kier alpha value is -0.870. The number of rotatable bonds is 10. The van der Waals surface area contributed by atoms with E-state index in [1.54, 1.807) is 37.4 Å². The van der Waals surface area contributed by atoms with Crippen molar-refractivity contribution in [2.75, 3.05) is 47.4 Å². The predicted molar refractivity (Wildman–Crippen MR) is 128 cm³/mol. The minimum atomic E-state index is 0. The molecule has 1 saturated carbocycles. The first-order chi connectivity index (χ1) is 13.0. The molecule has 0 atom stereocenters. The molecule has 0 saturated heterocycles. The van der Waals surface area contributed by atoms with Crippen LogP contribution in [-0.2, 0) is 16.0 Å². The number of hydrogen-bond acceptors (Lipinski definition) is 4. The number of guanidine groups is 1. The summed E-state index contributed by atoms with van der Waals surface area (Å²) in [5.41, 5.74) is 0.276. The van der Waals surface area contributed by atoms with Gasteiger partial charge in [-0.2, -0.15) is 0 Å². The molecule has 0 radical (unpaired) electrons. The molecule has 1 fully saturated rings. The second-order valence-corrected chi connectivity index (χ2v) is 8.54. The van der Waals surface area contributed by atoms with Crippen molar-refractivity contribution in [2.24, 2.45) is 10.4 Å². The van der Waals surface area contributed by atoms with Gasteiger partial charge in [0.25, 0.3) is 0 Å². The zero-order chi connectivity index (χ0) is 19.5. The molecule has 1 aromatic rings. The number of carbonyl (C=O) groups is 1. The Kier molecular flexibility index (Phi) is 12.0. The van der Waals surface area contributed by atoms with E-state index in [9.17, 15) is 4.79 Å². The molecule has 6 nitrogen and oxygen atoms in total. The summed E-state index contributed by atoms with van der Waals surface area (Å²) >= 11 is 1.76. The minimum absolute atomic E-state index is 0. The molecule has 1 aromatic heterocycles. The van der Waals surface area contributed by atoms with Crippen molar-refractivity contribution in [2.45, 2.75) is 38.5 Å². The van der Waals surface area contributed by atoms with Crippen LogP contribution in [0.15, 0.2) is 22.5 Å². The first kappa shape index (κ1) is 25.2. The Bertz CT molecular complexity index is 587. The smallest absolute Gasteiger partial charge is 0.243 e. The number of aliphatic imine (C=N–C) groups is 1. The van der Waals surface area contributed by atoms with Gasteiger partial charge in [-0.05, 0) is 42.5 Å². The number of halogens is 1. The second kappa shape index (κ2) is 13.4. The number of methoxy groups -OCH3 is 1. The fourth-order valence-electron chi connectivity index (χ4n) is 3.45. The van der Waals surface area contributed by atoms with Gasteiger partial charge in [-0.1, -0.05) is 18.9 Å². The van der Waals surface area contributed by atoms with Gasteiger partial charge in [-0.3, -0.25) is 4.79 Å². The number of nitrogens with zero attached hydrogens (tertiary/aromatic N) is 2. The van der Waals surface area contributed by atoms with Crippen LogP contribution in [0.25, 0.3) is 0 Å². The average molecular weight is 522 g/mol. The van der Waals surface area contributed by atoms with Crippen LogP contribution in [0.5, 0.6) is 0 Å². The van der Waals surface area contributed by atoms with Gasteiger partial charge >= 0.3 is 0 Å². The predicted octanol–water partition coefficient (Wildman–Crippen LogP) is 3.13. The number of hydrogen-bond donors (Lipinski definition) is 2. The maximum atomic E-state index is 11.9. The summed E-state index contributed by atoms with van der Waals surface area (Å²) in [6, 6.07) is 4.22. The Morgan fingerprint density at radius 2 is 2.07 bits per heavy atom. The zero-order valence-electron chi connectivity index (χ0n) is 17.3. The van der Waals surface area contributed by atoms with Crippen molar-refractivity contribution in [3.63, 3.8) is 0 Å². The van der Waals surface area contributed by atoms with Crippen LogP contribution >= 0.6 is 35.3 Å². The summed E-state index contributed by atoms with van der Waals surface area (Å²) in [5, 5.41) is 8.99. The highest BCUT2D eigenvalue weighted by Crippen LogP contribution is 2.40. The van der Waals surface area contributed by atoms with Gasteiger partial charge in [0.15, 0.2) is 5.96 Å². The lowest BCUT2D eigenvalue weighted by Gasteiger charge is -2.30. The van der Waals surface area contributed by atoms with E-state index in [0.717, 1.165) is 38.5 Å². The fourth-order valence-corrected chi connectivity index (χ4v) is 4.16. The number of thiophene rings is 1. The van der Waals surface area contributed by atoms with Crippen molar-refractivity contribution >= 4 is 47.2 Å². The van der Waals surface area contributed by atoms with Gasteiger partial charge in [0.1, 0.15) is 6.54 Å². The van der Waals surface area contributed by atoms with Crippen LogP contribution in [0.3, 0.4) is 0 Å². The third kappa shape index (κ3) is 8.65. The molecular formula is C20H35IN4O2S. The topological polar surface area (TPSA) is 66.0 Å². The SMILES string of the molecule is COCCC1(CNC(=NCC(=O)N(C)C)NCCc2cccs2)CCCC1.I. The number of amides is 1. The van der Waals surface area contributed by atoms with E-state index in [0.29, 0.717) is 0 Å². The molecule has 0 aromatic carbocycles. The van der Waals surface area contributed by atoms with Crippen molar-refractivity contribution in [1.82, 2.24) is 15.5 Å². The van der Waals surface area contributed by atoms with E-state index in [1.807, 2.05) is 0 Å². The van der Waals surface area contributed by atoms with Crippen LogP contribution in [0.1, 0.15) is 37.0 Å². The van der Waals surface area contributed by atoms with Crippen LogP contribution < -0.4 is 10.6 Å². The molecule has 2 N–H and O–H groups in total. The Morgan fingerprint density at radius 1 is 1.32 bits per heavy atom. The summed E-state index contributed by atoms with van der Waals surface area (Å²) in [5.74, 6) is 0.731. The van der Waals surface area contributed by atoms with Gasteiger partial charge < -0.3 is 20.3 Å².